The number of likely N-dealkylation sites (tertiary alicyclic amines) is 1. The van der Waals surface area contributed by atoms with Crippen molar-refractivity contribution in [2.75, 3.05) is 6.54 Å². The third-order valence-corrected chi connectivity index (χ3v) is 2.97. The lowest BCUT2D eigenvalue weighted by atomic mass is 10.1. The van der Waals surface area contributed by atoms with E-state index in [1.165, 1.54) is 23.1 Å². The van der Waals surface area contributed by atoms with Crippen molar-refractivity contribution < 1.29 is 14.0 Å². The fraction of sp³-hybridized carbons (Fsp3) is 0.385. The number of carbonyl (C=O) groups excluding carboxylic acids is 2. The number of carbonyl (C=O) groups is 2. The van der Waals surface area contributed by atoms with Crippen LogP contribution in [0.15, 0.2) is 18.2 Å². The SMILES string of the molecule is Cc1cc(C(=O)N2CC(C)CC2=O)ccc1F. The van der Waals surface area contributed by atoms with Crippen molar-refractivity contribution in [2.24, 2.45) is 5.92 Å². The second kappa shape index (κ2) is 4.28. The maximum absolute atomic E-state index is 13.1. The molecule has 1 aliphatic rings. The van der Waals surface area contributed by atoms with E-state index in [1.54, 1.807) is 6.92 Å². The van der Waals surface area contributed by atoms with Crippen LogP contribution in [0.4, 0.5) is 4.39 Å². The molecule has 0 spiro atoms. The molecule has 0 saturated carbocycles. The van der Waals surface area contributed by atoms with Gasteiger partial charge < -0.3 is 0 Å². The van der Waals surface area contributed by atoms with Crippen LogP contribution < -0.4 is 0 Å². The number of imide groups is 1. The maximum Gasteiger partial charge on any atom is 0.260 e. The van der Waals surface area contributed by atoms with Crippen molar-refractivity contribution in [3.8, 4) is 0 Å². The molecule has 0 radical (unpaired) electrons. The van der Waals surface area contributed by atoms with Crippen molar-refractivity contribution in [3.63, 3.8) is 0 Å². The second-order valence-electron chi connectivity index (χ2n) is 4.58. The zero-order chi connectivity index (χ0) is 12.6. The normalized spacial score (nSPS) is 19.8. The van der Waals surface area contributed by atoms with Gasteiger partial charge in [0.1, 0.15) is 5.82 Å². The first kappa shape index (κ1) is 11.8. The van der Waals surface area contributed by atoms with Gasteiger partial charge in [-0.2, -0.15) is 0 Å². The van der Waals surface area contributed by atoms with E-state index in [2.05, 4.69) is 0 Å². The molecule has 1 atom stereocenters. The largest absolute Gasteiger partial charge is 0.278 e. The number of rotatable bonds is 1. The van der Waals surface area contributed by atoms with Gasteiger partial charge in [-0.1, -0.05) is 6.92 Å². The monoisotopic (exact) mass is 235 g/mol. The van der Waals surface area contributed by atoms with Crippen LogP contribution in [0.1, 0.15) is 29.3 Å². The first-order valence-corrected chi connectivity index (χ1v) is 5.60. The summed E-state index contributed by atoms with van der Waals surface area (Å²) in [4.78, 5) is 24.9. The van der Waals surface area contributed by atoms with E-state index in [1.807, 2.05) is 6.92 Å². The molecule has 1 aromatic rings. The summed E-state index contributed by atoms with van der Waals surface area (Å²) in [7, 11) is 0. The summed E-state index contributed by atoms with van der Waals surface area (Å²) >= 11 is 0. The number of amides is 2. The third kappa shape index (κ3) is 2.20. The summed E-state index contributed by atoms with van der Waals surface area (Å²) in [5.74, 6) is -0.623. The molecule has 2 rings (SSSR count). The fourth-order valence-corrected chi connectivity index (χ4v) is 2.02. The highest BCUT2D eigenvalue weighted by Gasteiger charge is 2.31. The van der Waals surface area contributed by atoms with Crippen LogP contribution >= 0.6 is 0 Å². The molecule has 1 heterocycles. The number of hydrogen-bond donors (Lipinski definition) is 0. The zero-order valence-corrected chi connectivity index (χ0v) is 9.87. The Bertz CT molecular complexity index is 484. The molecule has 0 N–H and O–H groups in total. The minimum Gasteiger partial charge on any atom is -0.278 e. The molecule has 1 fully saturated rings. The Morgan fingerprint density at radius 2 is 2.18 bits per heavy atom. The van der Waals surface area contributed by atoms with Crippen molar-refractivity contribution in [1.82, 2.24) is 4.90 Å². The number of hydrogen-bond acceptors (Lipinski definition) is 2. The van der Waals surface area contributed by atoms with Crippen molar-refractivity contribution in [1.29, 1.82) is 0 Å². The Kier molecular flexibility index (Phi) is 2.96. The second-order valence-corrected chi connectivity index (χ2v) is 4.58. The molecule has 90 valence electrons. The average molecular weight is 235 g/mol. The van der Waals surface area contributed by atoms with Crippen LogP contribution in [-0.4, -0.2) is 23.3 Å². The molecule has 3 nitrogen and oxygen atoms in total. The molecule has 1 aromatic carbocycles. The van der Waals surface area contributed by atoms with Crippen molar-refractivity contribution in [2.45, 2.75) is 20.3 Å². The van der Waals surface area contributed by atoms with E-state index < -0.39 is 0 Å². The summed E-state index contributed by atoms with van der Waals surface area (Å²) in [6.07, 6.45) is 0.409. The topological polar surface area (TPSA) is 37.4 Å². The predicted octanol–water partition coefficient (Wildman–Crippen LogP) is 2.14. The van der Waals surface area contributed by atoms with E-state index in [9.17, 15) is 14.0 Å². The third-order valence-electron chi connectivity index (χ3n) is 2.97. The van der Waals surface area contributed by atoms with E-state index in [-0.39, 0.29) is 23.5 Å². The van der Waals surface area contributed by atoms with Crippen molar-refractivity contribution in [3.05, 3.63) is 35.1 Å². The van der Waals surface area contributed by atoms with Gasteiger partial charge in [0.15, 0.2) is 0 Å². The van der Waals surface area contributed by atoms with Gasteiger partial charge in [-0.05, 0) is 36.6 Å². The lowest BCUT2D eigenvalue weighted by Crippen LogP contribution is -2.32. The van der Waals surface area contributed by atoms with E-state index in [4.69, 9.17) is 0 Å². The molecular formula is C13H14FNO2. The predicted molar refractivity (Wildman–Crippen MR) is 61.0 cm³/mol. The van der Waals surface area contributed by atoms with Gasteiger partial charge in [0.05, 0.1) is 0 Å². The Hall–Kier alpha value is -1.71. The number of nitrogens with zero attached hydrogens (tertiary/aromatic N) is 1. The zero-order valence-electron chi connectivity index (χ0n) is 9.87. The Balaban J connectivity index is 2.25. The summed E-state index contributed by atoms with van der Waals surface area (Å²) in [5.41, 5.74) is 0.780. The van der Waals surface area contributed by atoms with Gasteiger partial charge in [0.2, 0.25) is 5.91 Å². The molecule has 17 heavy (non-hydrogen) atoms. The van der Waals surface area contributed by atoms with Gasteiger partial charge in [0.25, 0.3) is 5.91 Å². The lowest BCUT2D eigenvalue weighted by molar-refractivity contribution is -0.125. The van der Waals surface area contributed by atoms with E-state index in [0.29, 0.717) is 24.1 Å². The van der Waals surface area contributed by atoms with Gasteiger partial charge in [-0.15, -0.1) is 0 Å². The highest BCUT2D eigenvalue weighted by Crippen LogP contribution is 2.20. The summed E-state index contributed by atoms with van der Waals surface area (Å²) in [6, 6.07) is 4.15. The molecule has 1 unspecified atom stereocenters. The van der Waals surface area contributed by atoms with Crippen molar-refractivity contribution >= 4 is 11.8 Å². The molecule has 2 amide bonds. The Morgan fingerprint density at radius 3 is 2.71 bits per heavy atom. The number of benzene rings is 1. The van der Waals surface area contributed by atoms with Crippen LogP contribution in [0.2, 0.25) is 0 Å². The van der Waals surface area contributed by atoms with Gasteiger partial charge >= 0.3 is 0 Å². The minimum absolute atomic E-state index is 0.149. The molecule has 1 saturated heterocycles. The van der Waals surface area contributed by atoms with Crippen LogP contribution in [0.3, 0.4) is 0 Å². The van der Waals surface area contributed by atoms with Gasteiger partial charge in [-0.3, -0.25) is 14.5 Å². The molecule has 0 aromatic heterocycles. The van der Waals surface area contributed by atoms with Crippen LogP contribution in [-0.2, 0) is 4.79 Å². The Labute approximate surface area is 99.2 Å². The van der Waals surface area contributed by atoms with E-state index in [0.717, 1.165) is 0 Å². The summed E-state index contributed by atoms with van der Waals surface area (Å²) < 4.78 is 13.1. The highest BCUT2D eigenvalue weighted by molar-refractivity contribution is 6.05. The Morgan fingerprint density at radius 1 is 1.47 bits per heavy atom. The minimum atomic E-state index is -0.345. The first-order chi connectivity index (χ1) is 7.99. The lowest BCUT2D eigenvalue weighted by Gasteiger charge is -2.14. The summed E-state index contributed by atoms with van der Waals surface area (Å²) in [5, 5.41) is 0. The first-order valence-electron chi connectivity index (χ1n) is 5.60. The quantitative estimate of drug-likeness (QED) is 0.699. The number of halogens is 1. The van der Waals surface area contributed by atoms with E-state index >= 15 is 0 Å². The average Bonchev–Trinajstić information content (AvgIpc) is 2.61. The maximum atomic E-state index is 13.1. The molecule has 0 aliphatic carbocycles. The van der Waals surface area contributed by atoms with Gasteiger partial charge in [-0.25, -0.2) is 4.39 Å². The van der Waals surface area contributed by atoms with Crippen LogP contribution in [0, 0.1) is 18.7 Å². The van der Waals surface area contributed by atoms with Gasteiger partial charge in [0, 0.05) is 18.5 Å². The summed E-state index contributed by atoms with van der Waals surface area (Å²) in [6.45, 7) is 3.98. The smallest absolute Gasteiger partial charge is 0.260 e. The molecular weight excluding hydrogens is 221 g/mol. The van der Waals surface area contributed by atoms with Crippen LogP contribution in [0.25, 0.3) is 0 Å². The molecule has 0 bridgehead atoms. The van der Waals surface area contributed by atoms with Crippen LogP contribution in [0.5, 0.6) is 0 Å². The highest BCUT2D eigenvalue weighted by atomic mass is 19.1. The molecule has 1 aliphatic heterocycles. The number of aryl methyl sites for hydroxylation is 1. The standard InChI is InChI=1S/C13H14FNO2/c1-8-5-12(16)15(7-8)13(17)10-3-4-11(14)9(2)6-10/h3-4,6,8H,5,7H2,1-2H3. The molecule has 4 heteroatoms. The fourth-order valence-electron chi connectivity index (χ4n) is 2.02.